The lowest BCUT2D eigenvalue weighted by Gasteiger charge is -2.32. The van der Waals surface area contributed by atoms with Crippen molar-refractivity contribution in [1.82, 2.24) is 14.9 Å². The molecule has 42 heavy (non-hydrogen) atoms. The first-order valence-electron chi connectivity index (χ1n) is 13.9. The van der Waals surface area contributed by atoms with E-state index in [9.17, 15) is 22.8 Å². The molecule has 1 saturated heterocycles. The minimum atomic E-state index is -4.54. The Balaban J connectivity index is 1.78. The van der Waals surface area contributed by atoms with Gasteiger partial charge in [0.1, 0.15) is 17.4 Å². The van der Waals surface area contributed by atoms with Crippen LogP contribution in [0, 0.1) is 6.92 Å². The summed E-state index contributed by atoms with van der Waals surface area (Å²) in [5.74, 6) is 0.906. The summed E-state index contributed by atoms with van der Waals surface area (Å²) in [7, 11) is 1.31. The molecule has 4 rings (SSSR count). The number of piperidine rings is 1. The molecule has 226 valence electrons. The predicted octanol–water partition coefficient (Wildman–Crippen LogP) is 5.77. The van der Waals surface area contributed by atoms with Gasteiger partial charge in [-0.15, -0.1) is 0 Å². The molecular formula is C30H36F3N5O4. The summed E-state index contributed by atoms with van der Waals surface area (Å²) in [4.78, 5) is 35.3. The van der Waals surface area contributed by atoms with Gasteiger partial charge in [0.05, 0.1) is 24.2 Å². The molecule has 0 radical (unpaired) electrons. The molecule has 2 heterocycles. The predicted molar refractivity (Wildman–Crippen MR) is 153 cm³/mol. The molecule has 12 heteroatoms. The maximum Gasteiger partial charge on any atom is 0.416 e. The third-order valence-corrected chi connectivity index (χ3v) is 7.58. The van der Waals surface area contributed by atoms with E-state index in [1.54, 1.807) is 31.7 Å². The molecule has 1 fully saturated rings. The number of hydrogen-bond donors (Lipinski definition) is 2. The molecule has 1 aliphatic rings. The highest BCUT2D eigenvalue weighted by molar-refractivity contribution is 5.91. The van der Waals surface area contributed by atoms with Crippen LogP contribution in [0.4, 0.5) is 24.7 Å². The Bertz CT molecular complexity index is 1470. The van der Waals surface area contributed by atoms with Gasteiger partial charge in [-0.25, -0.2) is 14.8 Å². The number of methoxy groups -OCH3 is 1. The van der Waals surface area contributed by atoms with Crippen LogP contribution in [0.2, 0.25) is 0 Å². The number of alkyl halides is 3. The number of nitrogens with two attached hydrogens (primary N) is 1. The maximum atomic E-state index is 13.5. The molecular weight excluding hydrogens is 551 g/mol. The second-order valence-corrected chi connectivity index (χ2v) is 10.6. The molecule has 1 aliphatic heterocycles. The number of benzene rings is 2. The second kappa shape index (κ2) is 12.4. The van der Waals surface area contributed by atoms with Crippen LogP contribution < -0.4 is 15.8 Å². The number of ether oxygens (including phenoxy) is 2. The largest absolute Gasteiger partial charge is 0.478 e. The minimum absolute atomic E-state index is 0.00858. The molecule has 0 aliphatic carbocycles. The van der Waals surface area contributed by atoms with E-state index in [-0.39, 0.29) is 17.5 Å². The number of rotatable bonds is 8. The van der Waals surface area contributed by atoms with Gasteiger partial charge in [-0.2, -0.15) is 13.2 Å². The first-order valence-corrected chi connectivity index (χ1v) is 13.9. The number of anilines is 2. The number of likely N-dealkylation sites (tertiary alicyclic amines) is 1. The fraction of sp³-hybridized carbons (Fsp3) is 0.467. The lowest BCUT2D eigenvalue weighted by atomic mass is 9.87. The van der Waals surface area contributed by atoms with E-state index in [0.717, 1.165) is 17.7 Å². The van der Waals surface area contributed by atoms with Crippen molar-refractivity contribution in [1.29, 1.82) is 0 Å². The van der Waals surface area contributed by atoms with Crippen LogP contribution in [-0.2, 0) is 20.5 Å². The maximum absolute atomic E-state index is 13.5. The van der Waals surface area contributed by atoms with Gasteiger partial charge in [0, 0.05) is 37.2 Å². The summed E-state index contributed by atoms with van der Waals surface area (Å²) in [6.07, 6.45) is -3.60. The van der Waals surface area contributed by atoms with Crippen LogP contribution in [0.15, 0.2) is 30.3 Å². The van der Waals surface area contributed by atoms with Crippen LogP contribution in [0.25, 0.3) is 10.9 Å². The number of nitrogen functional groups attached to an aromatic ring is 1. The summed E-state index contributed by atoms with van der Waals surface area (Å²) in [5, 5.41) is 3.90. The van der Waals surface area contributed by atoms with Crippen molar-refractivity contribution in [3.05, 3.63) is 52.8 Å². The summed E-state index contributed by atoms with van der Waals surface area (Å²) in [6.45, 7) is 7.97. The number of nitrogens with zero attached hydrogens (tertiary/aromatic N) is 3. The van der Waals surface area contributed by atoms with Gasteiger partial charge >= 0.3 is 12.1 Å². The third-order valence-electron chi connectivity index (χ3n) is 7.58. The van der Waals surface area contributed by atoms with Gasteiger partial charge in [0.2, 0.25) is 5.91 Å². The highest BCUT2D eigenvalue weighted by Crippen LogP contribution is 2.40. The van der Waals surface area contributed by atoms with E-state index < -0.39 is 29.9 Å². The van der Waals surface area contributed by atoms with E-state index in [1.165, 1.54) is 13.2 Å². The van der Waals surface area contributed by atoms with Gasteiger partial charge in [0.25, 0.3) is 0 Å². The SMILES string of the molecule is CCC(Oc1cc2nc(C)nc(NC(C)c3cc(N)cc(C(F)(F)F)c3)c2cc1C1CCN(C(C)=O)CC1)C(=O)OC. The lowest BCUT2D eigenvalue weighted by molar-refractivity contribution is -0.149. The summed E-state index contributed by atoms with van der Waals surface area (Å²) < 4.78 is 51.5. The number of fused-ring (bicyclic) bond motifs is 1. The smallest absolute Gasteiger partial charge is 0.416 e. The summed E-state index contributed by atoms with van der Waals surface area (Å²) in [6, 6.07) is 6.58. The van der Waals surface area contributed by atoms with E-state index in [2.05, 4.69) is 15.3 Å². The van der Waals surface area contributed by atoms with Gasteiger partial charge in [-0.3, -0.25) is 4.79 Å². The Morgan fingerprint density at radius 2 is 1.83 bits per heavy atom. The molecule has 2 atom stereocenters. The molecule has 0 saturated carbocycles. The van der Waals surface area contributed by atoms with Gasteiger partial charge < -0.3 is 25.4 Å². The van der Waals surface area contributed by atoms with E-state index in [4.69, 9.17) is 15.2 Å². The number of carbonyl (C=O) groups is 2. The standard InChI is InChI=1S/C30H36F3N5O4/c1-6-26(29(40)41-5)42-27-15-25-24(14-23(27)19-7-9-38(10-8-19)18(4)39)28(37-17(3)36-25)35-16(2)20-11-21(30(31,32)33)13-22(34)12-20/h11-16,19,26H,6-10,34H2,1-5H3,(H,35,36,37). The number of carbonyl (C=O) groups excluding carboxylic acids is 2. The Morgan fingerprint density at radius 3 is 2.43 bits per heavy atom. The zero-order valence-electron chi connectivity index (χ0n) is 24.3. The van der Waals surface area contributed by atoms with Crippen molar-refractivity contribution >= 4 is 34.3 Å². The highest BCUT2D eigenvalue weighted by Gasteiger charge is 2.32. The Kier molecular flexibility index (Phi) is 9.12. The third kappa shape index (κ3) is 6.85. The van der Waals surface area contributed by atoms with Crippen LogP contribution >= 0.6 is 0 Å². The fourth-order valence-electron chi connectivity index (χ4n) is 5.29. The number of aromatic nitrogens is 2. The van der Waals surface area contributed by atoms with E-state index in [0.29, 0.717) is 66.2 Å². The van der Waals surface area contributed by atoms with Crippen molar-refractivity contribution in [2.24, 2.45) is 0 Å². The van der Waals surface area contributed by atoms with Gasteiger partial charge in [-0.1, -0.05) is 6.92 Å². The fourth-order valence-corrected chi connectivity index (χ4v) is 5.29. The average molecular weight is 588 g/mol. The zero-order valence-corrected chi connectivity index (χ0v) is 24.3. The topological polar surface area (TPSA) is 120 Å². The van der Waals surface area contributed by atoms with E-state index in [1.807, 2.05) is 13.0 Å². The van der Waals surface area contributed by atoms with Crippen molar-refractivity contribution in [2.45, 2.75) is 71.2 Å². The summed E-state index contributed by atoms with van der Waals surface area (Å²) >= 11 is 0. The number of halogens is 3. The van der Waals surface area contributed by atoms with E-state index >= 15 is 0 Å². The van der Waals surface area contributed by atoms with Gasteiger partial charge in [0.15, 0.2) is 6.10 Å². The first-order chi connectivity index (χ1) is 19.8. The van der Waals surface area contributed by atoms with Crippen LogP contribution in [0.3, 0.4) is 0 Å². The Morgan fingerprint density at radius 1 is 1.14 bits per heavy atom. The quantitative estimate of drug-likeness (QED) is 0.252. The Hall–Kier alpha value is -4.09. The second-order valence-electron chi connectivity index (χ2n) is 10.6. The van der Waals surface area contributed by atoms with Crippen molar-refractivity contribution in [2.75, 3.05) is 31.2 Å². The summed E-state index contributed by atoms with van der Waals surface area (Å²) in [5.41, 5.74) is 6.72. The van der Waals surface area contributed by atoms with Crippen molar-refractivity contribution < 1.29 is 32.2 Å². The highest BCUT2D eigenvalue weighted by atomic mass is 19.4. The molecule has 9 nitrogen and oxygen atoms in total. The van der Waals surface area contributed by atoms with Crippen molar-refractivity contribution in [3.63, 3.8) is 0 Å². The number of esters is 1. The molecule has 2 unspecified atom stereocenters. The van der Waals surface area contributed by atoms with Crippen molar-refractivity contribution in [3.8, 4) is 5.75 Å². The average Bonchev–Trinajstić information content (AvgIpc) is 2.94. The number of nitrogens with one attached hydrogen (secondary N) is 1. The number of hydrogen-bond acceptors (Lipinski definition) is 8. The molecule has 3 N–H and O–H groups in total. The monoisotopic (exact) mass is 587 g/mol. The van der Waals surface area contributed by atoms with Crippen LogP contribution in [0.1, 0.15) is 74.5 Å². The van der Waals surface area contributed by atoms with Crippen LogP contribution in [0.5, 0.6) is 5.75 Å². The molecule has 1 aromatic heterocycles. The molecule has 0 bridgehead atoms. The molecule has 0 spiro atoms. The molecule has 1 amide bonds. The first kappa shape index (κ1) is 30.9. The normalized spacial score (nSPS) is 15.8. The molecule has 3 aromatic rings. The minimum Gasteiger partial charge on any atom is -0.478 e. The lowest BCUT2D eigenvalue weighted by Crippen LogP contribution is -2.36. The zero-order chi connectivity index (χ0) is 30.8. The number of aryl methyl sites for hydroxylation is 1. The number of amides is 1. The van der Waals surface area contributed by atoms with Crippen LogP contribution in [-0.4, -0.2) is 53.0 Å². The Labute approximate surface area is 242 Å². The molecule has 2 aromatic carbocycles. The van der Waals surface area contributed by atoms with Gasteiger partial charge in [-0.05, 0) is 74.4 Å².